The number of halogens is 4. The van der Waals surface area contributed by atoms with Crippen molar-refractivity contribution in [2.24, 2.45) is 0 Å². The van der Waals surface area contributed by atoms with Gasteiger partial charge in [0.2, 0.25) is 5.91 Å². The molecule has 0 aliphatic rings. The molecule has 4 nitrogen and oxygen atoms in total. The molecule has 2 aromatic rings. The largest absolute Gasteiger partial charge is 0.434 e. The van der Waals surface area contributed by atoms with Crippen LogP contribution in [0.2, 0.25) is 0 Å². The van der Waals surface area contributed by atoms with Crippen LogP contribution in [0.1, 0.15) is 11.1 Å². The van der Waals surface area contributed by atoms with Gasteiger partial charge in [-0.05, 0) is 18.2 Å². The third kappa shape index (κ3) is 6.12. The summed E-state index contributed by atoms with van der Waals surface area (Å²) >= 11 is 0. The van der Waals surface area contributed by atoms with E-state index in [0.717, 1.165) is 6.08 Å². The molecule has 0 fully saturated rings. The number of rotatable bonds is 8. The summed E-state index contributed by atoms with van der Waals surface area (Å²) in [5.41, 5.74) is 0.667. The minimum Gasteiger partial charge on any atom is -0.434 e. The van der Waals surface area contributed by atoms with Crippen LogP contribution in [0.5, 0.6) is 11.5 Å². The summed E-state index contributed by atoms with van der Waals surface area (Å²) in [4.78, 5) is 11.9. The van der Waals surface area contributed by atoms with Crippen molar-refractivity contribution in [3.8, 4) is 11.5 Å². The van der Waals surface area contributed by atoms with Crippen LogP contribution in [0, 0.1) is 0 Å². The Labute approximate surface area is 147 Å². The van der Waals surface area contributed by atoms with E-state index in [1.54, 1.807) is 12.1 Å². The summed E-state index contributed by atoms with van der Waals surface area (Å²) in [6, 6.07) is 12.0. The van der Waals surface area contributed by atoms with Crippen LogP contribution in [0.25, 0.3) is 6.08 Å². The zero-order chi connectivity index (χ0) is 18.9. The number of nitrogens with one attached hydrogen (secondary N) is 1. The van der Waals surface area contributed by atoms with Crippen LogP contribution in [0.4, 0.5) is 17.6 Å². The van der Waals surface area contributed by atoms with Gasteiger partial charge in [-0.3, -0.25) is 4.79 Å². The van der Waals surface area contributed by atoms with E-state index in [9.17, 15) is 22.4 Å². The van der Waals surface area contributed by atoms with Gasteiger partial charge in [0, 0.05) is 23.7 Å². The first kappa shape index (κ1) is 19.3. The lowest BCUT2D eigenvalue weighted by Crippen LogP contribution is -2.21. The molecule has 8 heteroatoms. The second-order valence-electron chi connectivity index (χ2n) is 4.95. The lowest BCUT2D eigenvalue weighted by atomic mass is 10.2. The molecule has 1 N–H and O–H groups in total. The summed E-state index contributed by atoms with van der Waals surface area (Å²) in [5.74, 6) is -0.645. The van der Waals surface area contributed by atoms with Crippen LogP contribution < -0.4 is 14.8 Å². The van der Waals surface area contributed by atoms with Gasteiger partial charge in [0.05, 0.1) is 0 Å². The molecule has 0 aliphatic carbocycles. The van der Waals surface area contributed by atoms with E-state index >= 15 is 0 Å². The molecular weight excluding hydrogens is 354 g/mol. The topological polar surface area (TPSA) is 47.6 Å². The van der Waals surface area contributed by atoms with Gasteiger partial charge >= 0.3 is 13.2 Å². The highest BCUT2D eigenvalue weighted by molar-refractivity contribution is 5.92. The zero-order valence-electron chi connectivity index (χ0n) is 13.4. The molecule has 0 spiro atoms. The Morgan fingerprint density at radius 2 is 1.50 bits per heavy atom. The van der Waals surface area contributed by atoms with E-state index in [1.807, 2.05) is 0 Å². The number of carbonyl (C=O) groups excluding carboxylic acids is 1. The molecule has 0 saturated heterocycles. The predicted octanol–water partition coefficient (Wildman–Crippen LogP) is 4.22. The molecule has 0 atom stereocenters. The summed E-state index contributed by atoms with van der Waals surface area (Å²) in [5, 5.41) is 2.50. The molecule has 0 bridgehead atoms. The van der Waals surface area contributed by atoms with Gasteiger partial charge in [-0.1, -0.05) is 36.4 Å². The first-order valence-electron chi connectivity index (χ1n) is 7.48. The average molecular weight is 369 g/mol. The fraction of sp³-hybridized carbons (Fsp3) is 0.167. The van der Waals surface area contributed by atoms with Gasteiger partial charge in [0.25, 0.3) is 0 Å². The van der Waals surface area contributed by atoms with E-state index in [1.165, 1.54) is 42.5 Å². The van der Waals surface area contributed by atoms with Crippen molar-refractivity contribution in [1.82, 2.24) is 5.32 Å². The number of para-hydroxylation sites is 2. The molecule has 0 unspecified atom stereocenters. The van der Waals surface area contributed by atoms with Crippen molar-refractivity contribution in [3.63, 3.8) is 0 Å². The maximum atomic E-state index is 12.4. The lowest BCUT2D eigenvalue weighted by Gasteiger charge is -2.10. The van der Waals surface area contributed by atoms with Gasteiger partial charge in [-0.25, -0.2) is 0 Å². The highest BCUT2D eigenvalue weighted by Gasteiger charge is 2.10. The number of benzene rings is 2. The lowest BCUT2D eigenvalue weighted by molar-refractivity contribution is -0.116. The number of hydrogen-bond acceptors (Lipinski definition) is 3. The van der Waals surface area contributed by atoms with Crippen molar-refractivity contribution < 1.29 is 31.8 Å². The predicted molar refractivity (Wildman–Crippen MR) is 87.0 cm³/mol. The molecule has 138 valence electrons. The summed E-state index contributed by atoms with van der Waals surface area (Å²) < 4.78 is 58.1. The van der Waals surface area contributed by atoms with Crippen LogP contribution in [0.15, 0.2) is 54.6 Å². The number of alkyl halides is 4. The normalized spacial score (nSPS) is 11.2. The number of ether oxygens (including phenoxy) is 2. The Bertz CT molecular complexity index is 766. The fourth-order valence-electron chi connectivity index (χ4n) is 2.09. The molecule has 2 rings (SSSR count). The van der Waals surface area contributed by atoms with Crippen molar-refractivity contribution in [2.45, 2.75) is 19.8 Å². The molecule has 1 amide bonds. The monoisotopic (exact) mass is 369 g/mol. The van der Waals surface area contributed by atoms with Crippen LogP contribution in [0.3, 0.4) is 0 Å². The third-order valence-electron chi connectivity index (χ3n) is 3.19. The smallest absolute Gasteiger partial charge is 0.387 e. The summed E-state index contributed by atoms with van der Waals surface area (Å²) in [7, 11) is 0. The second-order valence-corrected chi connectivity index (χ2v) is 4.95. The van der Waals surface area contributed by atoms with Crippen molar-refractivity contribution in [1.29, 1.82) is 0 Å². The fourth-order valence-corrected chi connectivity index (χ4v) is 2.09. The number of amides is 1. The second kappa shape index (κ2) is 9.45. The van der Waals surface area contributed by atoms with Crippen LogP contribution >= 0.6 is 0 Å². The van der Waals surface area contributed by atoms with Crippen molar-refractivity contribution in [3.05, 3.63) is 65.7 Å². The molecular formula is C18H15F4NO3. The highest BCUT2D eigenvalue weighted by Crippen LogP contribution is 2.22. The number of hydrogen-bond donors (Lipinski definition) is 1. The zero-order valence-corrected chi connectivity index (χ0v) is 13.4. The third-order valence-corrected chi connectivity index (χ3v) is 3.19. The molecule has 0 heterocycles. The maximum absolute atomic E-state index is 12.4. The minimum absolute atomic E-state index is 0.0394. The Morgan fingerprint density at radius 1 is 0.923 bits per heavy atom. The standard InChI is InChI=1S/C18H15F4NO3/c19-17(20)25-14-7-3-1-5-12(14)9-10-16(24)23-11-13-6-2-4-8-15(13)26-18(21)22/h1-10,17-18H,11H2,(H,23,24)/b10-9+. The molecule has 0 aliphatic heterocycles. The quantitative estimate of drug-likeness (QED) is 0.560. The Hall–Kier alpha value is -3.03. The van der Waals surface area contributed by atoms with Gasteiger partial charge in [0.1, 0.15) is 11.5 Å². The Balaban J connectivity index is 1.99. The van der Waals surface area contributed by atoms with E-state index in [2.05, 4.69) is 14.8 Å². The molecule has 0 saturated carbocycles. The molecule has 0 aromatic heterocycles. The van der Waals surface area contributed by atoms with Gasteiger partial charge in [0.15, 0.2) is 0 Å². The van der Waals surface area contributed by atoms with E-state index in [-0.39, 0.29) is 18.0 Å². The van der Waals surface area contributed by atoms with Crippen molar-refractivity contribution in [2.75, 3.05) is 0 Å². The average Bonchev–Trinajstić information content (AvgIpc) is 2.59. The first-order valence-corrected chi connectivity index (χ1v) is 7.48. The van der Waals surface area contributed by atoms with Gasteiger partial charge in [-0.2, -0.15) is 17.6 Å². The molecule has 2 aromatic carbocycles. The summed E-state index contributed by atoms with van der Waals surface area (Å²) in [6.07, 6.45) is 2.44. The van der Waals surface area contributed by atoms with E-state index in [0.29, 0.717) is 11.1 Å². The van der Waals surface area contributed by atoms with E-state index in [4.69, 9.17) is 0 Å². The van der Waals surface area contributed by atoms with E-state index < -0.39 is 19.1 Å². The highest BCUT2D eigenvalue weighted by atomic mass is 19.3. The van der Waals surface area contributed by atoms with Crippen LogP contribution in [-0.2, 0) is 11.3 Å². The van der Waals surface area contributed by atoms with Crippen LogP contribution in [-0.4, -0.2) is 19.1 Å². The SMILES string of the molecule is O=C(/C=C/c1ccccc1OC(F)F)NCc1ccccc1OC(F)F. The van der Waals surface area contributed by atoms with Crippen molar-refractivity contribution >= 4 is 12.0 Å². The minimum atomic E-state index is -2.98. The Morgan fingerprint density at radius 3 is 2.19 bits per heavy atom. The molecule has 26 heavy (non-hydrogen) atoms. The van der Waals surface area contributed by atoms with Gasteiger partial charge < -0.3 is 14.8 Å². The summed E-state index contributed by atoms with van der Waals surface area (Å²) in [6.45, 7) is -6.00. The first-order chi connectivity index (χ1) is 12.5. The number of carbonyl (C=O) groups is 1. The Kier molecular flexibility index (Phi) is 7.02. The maximum Gasteiger partial charge on any atom is 0.387 e. The van der Waals surface area contributed by atoms with Gasteiger partial charge in [-0.15, -0.1) is 0 Å². The molecule has 0 radical (unpaired) electrons.